The van der Waals surface area contributed by atoms with Gasteiger partial charge < -0.3 is 24.2 Å². The van der Waals surface area contributed by atoms with Gasteiger partial charge in [0.2, 0.25) is 5.91 Å². The molecule has 1 saturated heterocycles. The van der Waals surface area contributed by atoms with E-state index in [1.54, 1.807) is 19.1 Å². The standard InChI is InChI=1S/C33H37NO5/c1-4-5-6-10-13-32(36)34-23-29(35)22-28(34)24-39-33(25-11-8-7-9-12-25,26-14-18-30(37-2)19-15-26)27-16-20-31(38-3)21-17-27/h1,7-9,11-12,14-21,28-29,35H,5-6,10,13,22-24H2,2-3H3/t28-,29+/m0/s1. The van der Waals surface area contributed by atoms with Crippen molar-refractivity contribution in [2.24, 2.45) is 0 Å². The summed E-state index contributed by atoms with van der Waals surface area (Å²) in [6.45, 7) is 0.561. The maximum absolute atomic E-state index is 13.1. The van der Waals surface area contributed by atoms with Crippen molar-refractivity contribution in [3.63, 3.8) is 0 Å². The molecule has 1 heterocycles. The number of likely N-dealkylation sites (tertiary alicyclic amines) is 1. The number of hydrogen-bond donors (Lipinski definition) is 1. The molecule has 39 heavy (non-hydrogen) atoms. The molecule has 0 bridgehead atoms. The Morgan fingerprint density at radius 2 is 1.49 bits per heavy atom. The van der Waals surface area contributed by atoms with Crippen molar-refractivity contribution in [2.45, 2.75) is 49.9 Å². The molecule has 0 unspecified atom stereocenters. The highest BCUT2D eigenvalue weighted by atomic mass is 16.5. The predicted octanol–water partition coefficient (Wildman–Crippen LogP) is 5.17. The second-order valence-electron chi connectivity index (χ2n) is 9.82. The van der Waals surface area contributed by atoms with Crippen LogP contribution in [0.4, 0.5) is 0 Å². The predicted molar refractivity (Wildman–Crippen MR) is 152 cm³/mol. The molecule has 204 valence electrons. The Hall–Kier alpha value is -3.79. The van der Waals surface area contributed by atoms with Crippen LogP contribution >= 0.6 is 0 Å². The number of benzene rings is 3. The van der Waals surface area contributed by atoms with Crippen LogP contribution in [0, 0.1) is 12.3 Å². The first kappa shape index (κ1) is 28.2. The minimum atomic E-state index is -0.977. The van der Waals surface area contributed by atoms with Crippen LogP contribution in [0.15, 0.2) is 78.9 Å². The van der Waals surface area contributed by atoms with E-state index in [-0.39, 0.29) is 18.6 Å². The van der Waals surface area contributed by atoms with Crippen LogP contribution in [0.5, 0.6) is 11.5 Å². The number of carbonyl (C=O) groups is 1. The molecule has 1 aliphatic heterocycles. The van der Waals surface area contributed by atoms with Gasteiger partial charge in [-0.2, -0.15) is 0 Å². The van der Waals surface area contributed by atoms with Gasteiger partial charge >= 0.3 is 0 Å². The molecule has 1 amide bonds. The molecule has 1 aliphatic rings. The second-order valence-corrected chi connectivity index (χ2v) is 9.82. The minimum Gasteiger partial charge on any atom is -0.497 e. The summed E-state index contributed by atoms with van der Waals surface area (Å²) in [5, 5.41) is 10.5. The Morgan fingerprint density at radius 1 is 0.923 bits per heavy atom. The van der Waals surface area contributed by atoms with Crippen LogP contribution in [0.25, 0.3) is 0 Å². The van der Waals surface area contributed by atoms with E-state index in [9.17, 15) is 9.90 Å². The van der Waals surface area contributed by atoms with Crippen molar-refractivity contribution in [3.05, 3.63) is 95.6 Å². The lowest BCUT2D eigenvalue weighted by atomic mass is 9.80. The van der Waals surface area contributed by atoms with Crippen molar-refractivity contribution in [2.75, 3.05) is 27.4 Å². The number of amides is 1. The summed E-state index contributed by atoms with van der Waals surface area (Å²) < 4.78 is 17.8. The largest absolute Gasteiger partial charge is 0.497 e. The molecule has 0 spiro atoms. The molecular weight excluding hydrogens is 490 g/mol. The lowest BCUT2D eigenvalue weighted by Crippen LogP contribution is -2.42. The summed E-state index contributed by atoms with van der Waals surface area (Å²) in [5.41, 5.74) is 1.82. The molecule has 6 nitrogen and oxygen atoms in total. The second kappa shape index (κ2) is 13.3. The van der Waals surface area contributed by atoms with Crippen molar-refractivity contribution in [1.29, 1.82) is 0 Å². The van der Waals surface area contributed by atoms with Gasteiger partial charge in [0, 0.05) is 19.4 Å². The Kier molecular flexibility index (Phi) is 9.64. The molecule has 0 aromatic heterocycles. The number of ether oxygens (including phenoxy) is 3. The van der Waals surface area contributed by atoms with Crippen LogP contribution in [0.1, 0.15) is 48.8 Å². The summed E-state index contributed by atoms with van der Waals surface area (Å²) in [7, 11) is 3.28. The fourth-order valence-electron chi connectivity index (χ4n) is 5.30. The molecule has 1 N–H and O–H groups in total. The molecule has 1 fully saturated rings. The molecule has 2 atom stereocenters. The van der Waals surface area contributed by atoms with Crippen molar-refractivity contribution in [1.82, 2.24) is 4.90 Å². The third-order valence-electron chi connectivity index (χ3n) is 7.34. The van der Waals surface area contributed by atoms with Gasteiger partial charge in [-0.05, 0) is 60.2 Å². The number of β-amino-alcohol motifs (C(OH)–C–C–N with tert-alkyl or cyclic N) is 1. The molecule has 0 radical (unpaired) electrons. The Bertz CT molecular complexity index is 1190. The molecule has 3 aromatic rings. The van der Waals surface area contributed by atoms with Gasteiger partial charge in [-0.25, -0.2) is 0 Å². The van der Waals surface area contributed by atoms with Gasteiger partial charge in [-0.1, -0.05) is 54.6 Å². The maximum Gasteiger partial charge on any atom is 0.222 e. The van der Waals surface area contributed by atoms with E-state index < -0.39 is 11.7 Å². The van der Waals surface area contributed by atoms with E-state index in [0.717, 1.165) is 41.0 Å². The zero-order valence-electron chi connectivity index (χ0n) is 22.7. The fourth-order valence-corrected chi connectivity index (χ4v) is 5.30. The van der Waals surface area contributed by atoms with E-state index in [0.29, 0.717) is 25.8 Å². The maximum atomic E-state index is 13.1. The number of aliphatic hydroxyl groups excluding tert-OH is 1. The van der Waals surface area contributed by atoms with Crippen molar-refractivity contribution in [3.8, 4) is 23.8 Å². The number of aliphatic hydroxyl groups is 1. The van der Waals surface area contributed by atoms with Crippen LogP contribution < -0.4 is 9.47 Å². The lowest BCUT2D eigenvalue weighted by molar-refractivity contribution is -0.134. The molecule has 3 aromatic carbocycles. The summed E-state index contributed by atoms with van der Waals surface area (Å²) >= 11 is 0. The van der Waals surface area contributed by atoms with Gasteiger partial charge in [0.15, 0.2) is 0 Å². The summed E-state index contributed by atoms with van der Waals surface area (Å²) in [6, 6.07) is 25.5. The van der Waals surface area contributed by atoms with Crippen LogP contribution in [-0.2, 0) is 15.1 Å². The average Bonchev–Trinajstić information content (AvgIpc) is 3.37. The van der Waals surface area contributed by atoms with Gasteiger partial charge in [0.05, 0.1) is 33.0 Å². The highest BCUT2D eigenvalue weighted by molar-refractivity contribution is 5.77. The first-order valence-corrected chi connectivity index (χ1v) is 13.4. The highest BCUT2D eigenvalue weighted by Gasteiger charge is 2.41. The number of hydrogen-bond acceptors (Lipinski definition) is 5. The van der Waals surface area contributed by atoms with Crippen LogP contribution in [0.2, 0.25) is 0 Å². The number of rotatable bonds is 12. The number of terminal acetylenes is 1. The summed E-state index contributed by atoms with van der Waals surface area (Å²) in [4.78, 5) is 14.9. The van der Waals surface area contributed by atoms with Crippen LogP contribution in [0.3, 0.4) is 0 Å². The Morgan fingerprint density at radius 3 is 2.03 bits per heavy atom. The van der Waals surface area contributed by atoms with Crippen molar-refractivity contribution < 1.29 is 24.1 Å². The fraction of sp³-hybridized carbons (Fsp3) is 0.364. The molecule has 6 heteroatoms. The SMILES string of the molecule is C#CCCCCC(=O)N1C[C@H](O)C[C@H]1COC(c1ccccc1)(c1ccc(OC)cc1)c1ccc(OC)cc1. The van der Waals surface area contributed by atoms with Gasteiger partial charge in [-0.15, -0.1) is 12.3 Å². The van der Waals surface area contributed by atoms with E-state index in [4.69, 9.17) is 20.6 Å². The summed E-state index contributed by atoms with van der Waals surface area (Å²) in [5.74, 6) is 4.14. The lowest BCUT2D eigenvalue weighted by Gasteiger charge is -2.38. The normalized spacial score (nSPS) is 17.0. The Labute approximate surface area is 231 Å². The number of methoxy groups -OCH3 is 2. The van der Waals surface area contributed by atoms with Crippen molar-refractivity contribution >= 4 is 5.91 Å². The van der Waals surface area contributed by atoms with E-state index in [2.05, 4.69) is 5.92 Å². The van der Waals surface area contributed by atoms with E-state index in [1.165, 1.54) is 0 Å². The zero-order valence-corrected chi connectivity index (χ0v) is 22.7. The third kappa shape index (κ3) is 6.44. The highest BCUT2D eigenvalue weighted by Crippen LogP contribution is 2.42. The smallest absolute Gasteiger partial charge is 0.222 e. The topological polar surface area (TPSA) is 68.2 Å². The monoisotopic (exact) mass is 527 g/mol. The van der Waals surface area contributed by atoms with E-state index in [1.807, 2.05) is 78.9 Å². The zero-order chi connectivity index (χ0) is 27.7. The molecule has 0 aliphatic carbocycles. The number of carbonyl (C=O) groups excluding carboxylic acids is 1. The Balaban J connectivity index is 1.71. The first-order valence-electron chi connectivity index (χ1n) is 13.4. The summed E-state index contributed by atoms with van der Waals surface area (Å²) in [6.07, 6.45) is 7.85. The van der Waals surface area contributed by atoms with Gasteiger partial charge in [0.25, 0.3) is 0 Å². The molecule has 4 rings (SSSR count). The number of nitrogens with zero attached hydrogens (tertiary/aromatic N) is 1. The van der Waals surface area contributed by atoms with Crippen LogP contribution in [-0.4, -0.2) is 55.4 Å². The minimum absolute atomic E-state index is 0.0244. The average molecular weight is 528 g/mol. The molecule has 0 saturated carbocycles. The van der Waals surface area contributed by atoms with Gasteiger partial charge in [-0.3, -0.25) is 4.79 Å². The quantitative estimate of drug-likeness (QED) is 0.200. The third-order valence-corrected chi connectivity index (χ3v) is 7.34. The van der Waals surface area contributed by atoms with E-state index >= 15 is 0 Å². The molecular formula is C33H37NO5. The number of unbranched alkanes of at least 4 members (excludes halogenated alkanes) is 2. The first-order chi connectivity index (χ1) is 19.0. The van der Waals surface area contributed by atoms with Gasteiger partial charge in [0.1, 0.15) is 17.1 Å².